The molecule has 0 aromatic heterocycles. The standard InChI is InChI=1S/C37H56F2O4S.C30H46O3S.C7H10F2O/c1-25(32(44(42,43)27-8-6-5-7-9-27)15-17-36(41)20-22-37(38,39)23-21-36)29-12-13-30-28-11-10-26-24-33(2,40)18-19-34(26,3)31(28)14-16-35(29,30)4;1-21(15-19-34(32,33)23-8-6-5-7-9-23)25-12-13-26-24-11-10-22-20-28(2,31)17-18-29(22,3)27(24)14-16-30(25,26)4;8-7(9)3-1-6(2-4-7)5-10-6/h5-9,25-26,28-32,40-41H,10-24H2,1-4H3;5-9,21-22,24-27,31H,10-20H2,1-4H3;1-5H2/t25-,26-,28-,29+,30-,31-,32?,33-,34-,35+;21-,22+,24+,25-,26+,27+,28+,29+,30-;/m01./s1. The van der Waals surface area contributed by atoms with E-state index >= 15 is 0 Å². The number of benzene rings is 2. The Labute approximate surface area is 527 Å². The van der Waals surface area contributed by atoms with Crippen LogP contribution in [0.15, 0.2) is 70.5 Å². The van der Waals surface area contributed by atoms with Crippen molar-refractivity contribution in [3.05, 3.63) is 60.7 Å². The molecule has 1 saturated heterocycles. The number of sulfone groups is 2. The van der Waals surface area contributed by atoms with Crippen LogP contribution < -0.4 is 0 Å². The lowest BCUT2D eigenvalue weighted by Crippen LogP contribution is -2.56. The van der Waals surface area contributed by atoms with E-state index in [1.54, 1.807) is 36.4 Å². The predicted octanol–water partition coefficient (Wildman–Crippen LogP) is 17.5. The fourth-order valence-electron chi connectivity index (χ4n) is 23.0. The summed E-state index contributed by atoms with van der Waals surface area (Å²) in [6, 6.07) is 17.7. The molecule has 1 unspecified atom stereocenters. The van der Waals surface area contributed by atoms with Crippen LogP contribution in [0.3, 0.4) is 0 Å². The van der Waals surface area contributed by atoms with Gasteiger partial charge in [0.15, 0.2) is 19.7 Å². The third-order valence-electron chi connectivity index (χ3n) is 28.6. The molecule has 14 heteroatoms. The van der Waals surface area contributed by atoms with Gasteiger partial charge in [0.1, 0.15) is 0 Å². The van der Waals surface area contributed by atoms with Crippen molar-refractivity contribution in [2.24, 2.45) is 92.7 Å². The van der Waals surface area contributed by atoms with Gasteiger partial charge >= 0.3 is 0 Å². The Morgan fingerprint density at radius 3 is 1.40 bits per heavy atom. The van der Waals surface area contributed by atoms with Crippen molar-refractivity contribution < 1.29 is 54.5 Å². The minimum absolute atomic E-state index is 0.0208. The van der Waals surface area contributed by atoms with Gasteiger partial charge in [0.2, 0.25) is 11.8 Å². The Hall–Kier alpha value is -2.10. The quantitative estimate of drug-likeness (QED) is 0.141. The minimum atomic E-state index is -3.70. The third kappa shape index (κ3) is 13.2. The van der Waals surface area contributed by atoms with E-state index in [2.05, 4.69) is 48.5 Å². The van der Waals surface area contributed by atoms with Gasteiger partial charge in [0.25, 0.3) is 0 Å². The summed E-state index contributed by atoms with van der Waals surface area (Å²) in [6.45, 7) is 19.3. The topological polar surface area (TPSA) is 141 Å². The highest BCUT2D eigenvalue weighted by atomic mass is 32.2. The molecule has 11 fully saturated rings. The Morgan fingerprint density at radius 2 is 0.920 bits per heavy atom. The van der Waals surface area contributed by atoms with Crippen molar-refractivity contribution in [2.45, 2.75) is 291 Å². The van der Waals surface area contributed by atoms with Gasteiger partial charge in [-0.15, -0.1) is 0 Å². The lowest BCUT2D eigenvalue weighted by Gasteiger charge is -2.62. The first-order valence-corrected chi connectivity index (χ1v) is 38.4. The van der Waals surface area contributed by atoms with Crippen molar-refractivity contribution in [2.75, 3.05) is 12.4 Å². The van der Waals surface area contributed by atoms with E-state index in [1.807, 2.05) is 31.2 Å². The summed E-state index contributed by atoms with van der Waals surface area (Å²) in [6.07, 6.45) is 22.6. The highest BCUT2D eigenvalue weighted by Crippen LogP contribution is 2.71. The second kappa shape index (κ2) is 24.3. The first-order valence-electron chi connectivity index (χ1n) is 35.2. The van der Waals surface area contributed by atoms with Gasteiger partial charge in [-0.2, -0.15) is 0 Å². The van der Waals surface area contributed by atoms with Crippen LogP contribution in [0, 0.1) is 92.7 Å². The van der Waals surface area contributed by atoms with Crippen LogP contribution in [0.1, 0.15) is 242 Å². The molecular weight excluding hydrogens is 1160 g/mol. The zero-order valence-electron chi connectivity index (χ0n) is 54.9. The summed E-state index contributed by atoms with van der Waals surface area (Å²) in [4.78, 5) is 0.788. The van der Waals surface area contributed by atoms with E-state index < -0.39 is 53.6 Å². The predicted molar refractivity (Wildman–Crippen MR) is 340 cm³/mol. The molecule has 10 aliphatic carbocycles. The molecule has 10 saturated carbocycles. The molecular formula is C74H112F4O8S2. The van der Waals surface area contributed by atoms with Crippen molar-refractivity contribution in [3.8, 4) is 0 Å². The molecule has 2 aromatic carbocycles. The summed E-state index contributed by atoms with van der Waals surface area (Å²) < 4.78 is 112. The molecule has 0 bridgehead atoms. The van der Waals surface area contributed by atoms with E-state index in [0.29, 0.717) is 87.9 Å². The number of rotatable bonds is 12. The van der Waals surface area contributed by atoms with Gasteiger partial charge in [-0.3, -0.25) is 0 Å². The van der Waals surface area contributed by atoms with Crippen LogP contribution in [-0.4, -0.2) is 84.0 Å². The number of alkyl halides is 4. The van der Waals surface area contributed by atoms with Crippen molar-refractivity contribution >= 4 is 19.7 Å². The van der Waals surface area contributed by atoms with Gasteiger partial charge in [0, 0.05) is 25.7 Å². The molecule has 1 aliphatic heterocycles. The first kappa shape index (κ1) is 67.3. The minimum Gasteiger partial charge on any atom is -0.390 e. The molecule has 3 N–H and O–H groups in total. The maximum absolute atomic E-state index is 14.3. The molecule has 11 aliphatic rings. The largest absolute Gasteiger partial charge is 0.390 e. The van der Waals surface area contributed by atoms with Gasteiger partial charge in [-0.1, -0.05) is 77.9 Å². The maximum Gasteiger partial charge on any atom is 0.248 e. The Morgan fingerprint density at radius 1 is 0.489 bits per heavy atom. The van der Waals surface area contributed by atoms with E-state index in [4.69, 9.17) is 4.74 Å². The molecule has 0 amide bonds. The average Bonchev–Trinajstić information content (AvgIpc) is 1.29. The number of fused-ring (bicyclic) bond motifs is 10. The Bertz CT molecular complexity index is 2940. The summed E-state index contributed by atoms with van der Waals surface area (Å²) in [5.74, 6) is 1.98. The van der Waals surface area contributed by atoms with Crippen molar-refractivity contribution in [3.63, 3.8) is 0 Å². The molecule has 2 aromatic rings. The summed E-state index contributed by atoms with van der Waals surface area (Å²) >= 11 is 0. The number of hydrogen-bond donors (Lipinski definition) is 3. The maximum atomic E-state index is 14.3. The van der Waals surface area contributed by atoms with Crippen LogP contribution in [0.4, 0.5) is 17.6 Å². The number of aliphatic hydroxyl groups is 3. The molecule has 88 heavy (non-hydrogen) atoms. The molecule has 1 spiro atoms. The average molecular weight is 1270 g/mol. The zero-order chi connectivity index (χ0) is 63.4. The summed E-state index contributed by atoms with van der Waals surface area (Å²) in [5.41, 5.74) is -1.22. The molecule has 0 radical (unpaired) electrons. The van der Waals surface area contributed by atoms with E-state index in [0.717, 1.165) is 75.5 Å². The van der Waals surface area contributed by atoms with Gasteiger partial charge in [-0.25, -0.2) is 34.4 Å². The summed E-state index contributed by atoms with van der Waals surface area (Å²) in [7, 11) is -6.90. The Kier molecular flexibility index (Phi) is 18.6. The van der Waals surface area contributed by atoms with Gasteiger partial charge in [-0.05, 0) is 291 Å². The number of ether oxygens (including phenoxy) is 1. The molecule has 19 atom stereocenters. The molecule has 496 valence electrons. The van der Waals surface area contributed by atoms with Crippen LogP contribution in [0.2, 0.25) is 0 Å². The van der Waals surface area contributed by atoms with E-state index in [1.165, 1.54) is 64.2 Å². The van der Waals surface area contributed by atoms with Crippen LogP contribution in [-0.2, 0) is 24.4 Å². The van der Waals surface area contributed by atoms with Gasteiger partial charge in [0.05, 0.1) is 49.8 Å². The second-order valence-electron chi connectivity index (χ2n) is 33.8. The fourth-order valence-corrected chi connectivity index (χ4v) is 26.5. The summed E-state index contributed by atoms with van der Waals surface area (Å²) in [5, 5.41) is 32.3. The number of hydrogen-bond acceptors (Lipinski definition) is 8. The second-order valence-corrected chi connectivity index (χ2v) is 38.0. The number of halogens is 4. The van der Waals surface area contributed by atoms with Crippen molar-refractivity contribution in [1.29, 1.82) is 0 Å². The lowest BCUT2D eigenvalue weighted by molar-refractivity contribution is -0.148. The van der Waals surface area contributed by atoms with Crippen molar-refractivity contribution in [1.82, 2.24) is 0 Å². The Balaban J connectivity index is 0.000000160. The normalized spacial score (nSPS) is 42.8. The van der Waals surface area contributed by atoms with Crippen LogP contribution in [0.5, 0.6) is 0 Å². The highest BCUT2D eigenvalue weighted by Gasteiger charge is 2.64. The molecule has 1 heterocycles. The first-order chi connectivity index (χ1) is 41.1. The van der Waals surface area contributed by atoms with Crippen LogP contribution in [0.25, 0.3) is 0 Å². The van der Waals surface area contributed by atoms with E-state index in [-0.39, 0.29) is 79.0 Å². The fraction of sp³-hybridized carbons (Fsp3) is 0.838. The SMILES string of the molecule is C[C@H](C(CCC1(O)CCC(F)(F)CC1)S(=O)(=O)c1ccccc1)[C@H]1CC[C@H]2[C@@H]3CC[C@H]4C[C@@](C)(O)CC[C@]4(C)[C@H]3CC[C@]12C.C[C@H](CCS(=O)(=O)c1ccccc1)[C@H]1CC[C@H]2[C@@H]3CC[C@H]4C[C@@](C)(O)CC[C@]4(C)[C@H]3CC[C@]12C.FC1(F)CCC2(CC1)CO2. The smallest absolute Gasteiger partial charge is 0.248 e. The molecule has 8 nitrogen and oxygen atoms in total. The zero-order valence-corrected chi connectivity index (χ0v) is 56.5. The van der Waals surface area contributed by atoms with Crippen LogP contribution >= 0.6 is 0 Å². The molecule has 13 rings (SSSR count). The monoisotopic (exact) mass is 1270 g/mol. The van der Waals surface area contributed by atoms with Gasteiger partial charge < -0.3 is 20.1 Å². The highest BCUT2D eigenvalue weighted by molar-refractivity contribution is 7.92. The third-order valence-corrected chi connectivity index (χ3v) is 32.8. The van der Waals surface area contributed by atoms with E-state index in [9.17, 15) is 49.7 Å². The number of epoxide rings is 1. The lowest BCUT2D eigenvalue weighted by atomic mass is 9.43.